The van der Waals surface area contributed by atoms with Crippen LogP contribution in [0.5, 0.6) is 0 Å². The summed E-state index contributed by atoms with van der Waals surface area (Å²) in [5, 5.41) is 2.66. The second kappa shape index (κ2) is 8.10. The molecular weight excluding hydrogens is 270 g/mol. The van der Waals surface area contributed by atoms with E-state index < -0.39 is 11.2 Å². The van der Waals surface area contributed by atoms with E-state index in [0.717, 1.165) is 12.8 Å². The molecule has 0 aliphatic heterocycles. The molecule has 0 atom stereocenters. The lowest BCUT2D eigenvalue weighted by molar-refractivity contribution is -0.120. The van der Waals surface area contributed by atoms with Crippen LogP contribution in [0.25, 0.3) is 0 Å². The highest BCUT2D eigenvalue weighted by Gasteiger charge is 2.05. The van der Waals surface area contributed by atoms with Crippen LogP contribution in [-0.2, 0) is 4.79 Å². The van der Waals surface area contributed by atoms with Gasteiger partial charge in [-0.05, 0) is 20.3 Å². The van der Waals surface area contributed by atoms with Crippen LogP contribution >= 0.6 is 0 Å². The number of nitrogens with zero attached hydrogens (tertiary/aromatic N) is 1. The number of H-pyrrole nitrogens is 1. The van der Waals surface area contributed by atoms with Gasteiger partial charge in [-0.25, -0.2) is 4.79 Å². The first-order valence-electron chi connectivity index (χ1n) is 7.06. The largest absolute Gasteiger partial charge is 0.345 e. The lowest BCUT2D eigenvalue weighted by Gasteiger charge is -2.08. The van der Waals surface area contributed by atoms with Crippen LogP contribution in [0.4, 0.5) is 0 Å². The first kappa shape index (κ1) is 16.8. The Morgan fingerprint density at radius 2 is 2.14 bits per heavy atom. The van der Waals surface area contributed by atoms with E-state index in [0.29, 0.717) is 6.42 Å². The molecule has 1 heterocycles. The number of unbranched alkanes of at least 4 members (excludes halogenated alkanes) is 1. The van der Waals surface area contributed by atoms with Crippen molar-refractivity contribution in [2.24, 2.45) is 0 Å². The van der Waals surface area contributed by atoms with E-state index >= 15 is 0 Å². The first-order chi connectivity index (χ1) is 9.95. The van der Waals surface area contributed by atoms with Crippen molar-refractivity contribution in [2.45, 2.75) is 46.1 Å². The third kappa shape index (κ3) is 5.30. The quantitative estimate of drug-likeness (QED) is 0.786. The van der Waals surface area contributed by atoms with Gasteiger partial charge >= 0.3 is 5.69 Å². The van der Waals surface area contributed by atoms with Crippen molar-refractivity contribution >= 4 is 5.91 Å². The van der Waals surface area contributed by atoms with Crippen molar-refractivity contribution in [3.05, 3.63) is 32.6 Å². The fraction of sp³-hybridized carbons (Fsp3) is 0.533. The Bertz CT molecular complexity index is 659. The molecule has 21 heavy (non-hydrogen) atoms. The fourth-order valence-corrected chi connectivity index (χ4v) is 1.67. The molecule has 6 heteroatoms. The molecule has 1 rings (SSSR count). The SMILES string of the molecule is CCCCC(=O)NCC#Cc1cn(C(C)C)c(=O)[nH]c1=O. The normalized spacial score (nSPS) is 10.1. The van der Waals surface area contributed by atoms with Gasteiger partial charge in [0.2, 0.25) is 5.91 Å². The Morgan fingerprint density at radius 1 is 1.43 bits per heavy atom. The highest BCUT2D eigenvalue weighted by Crippen LogP contribution is 1.98. The first-order valence-corrected chi connectivity index (χ1v) is 7.06. The van der Waals surface area contributed by atoms with Crippen molar-refractivity contribution in [1.82, 2.24) is 14.9 Å². The number of amides is 1. The molecule has 0 saturated carbocycles. The maximum absolute atomic E-state index is 11.6. The van der Waals surface area contributed by atoms with E-state index in [1.165, 1.54) is 10.8 Å². The molecule has 114 valence electrons. The van der Waals surface area contributed by atoms with Crippen molar-refractivity contribution in [3.63, 3.8) is 0 Å². The van der Waals surface area contributed by atoms with Crippen molar-refractivity contribution in [2.75, 3.05) is 6.54 Å². The average molecular weight is 291 g/mol. The topological polar surface area (TPSA) is 84.0 Å². The molecule has 0 fully saturated rings. The minimum absolute atomic E-state index is 0.0489. The zero-order chi connectivity index (χ0) is 15.8. The number of carbonyl (C=O) groups is 1. The predicted molar refractivity (Wildman–Crippen MR) is 81.1 cm³/mol. The number of aromatic amines is 1. The third-order valence-corrected chi connectivity index (χ3v) is 2.88. The van der Waals surface area contributed by atoms with E-state index in [1.807, 2.05) is 20.8 Å². The van der Waals surface area contributed by atoms with Crippen molar-refractivity contribution in [3.8, 4) is 11.8 Å². The molecule has 0 saturated heterocycles. The zero-order valence-corrected chi connectivity index (χ0v) is 12.7. The molecule has 1 amide bonds. The summed E-state index contributed by atoms with van der Waals surface area (Å²) >= 11 is 0. The Labute approximate surface area is 123 Å². The van der Waals surface area contributed by atoms with Crippen molar-refractivity contribution < 1.29 is 4.79 Å². The Hall–Kier alpha value is -2.29. The van der Waals surface area contributed by atoms with E-state index in [2.05, 4.69) is 22.1 Å². The predicted octanol–water partition coefficient (Wildman–Crippen LogP) is 0.775. The maximum atomic E-state index is 11.6. The van der Waals surface area contributed by atoms with Gasteiger partial charge in [0.25, 0.3) is 5.56 Å². The minimum Gasteiger partial charge on any atom is -0.345 e. The van der Waals surface area contributed by atoms with Crippen molar-refractivity contribution in [1.29, 1.82) is 0 Å². The summed E-state index contributed by atoms with van der Waals surface area (Å²) in [6, 6.07) is -0.0661. The second-order valence-corrected chi connectivity index (χ2v) is 4.99. The smallest absolute Gasteiger partial charge is 0.328 e. The summed E-state index contributed by atoms with van der Waals surface area (Å²) in [6.45, 7) is 5.88. The van der Waals surface area contributed by atoms with Crippen LogP contribution in [-0.4, -0.2) is 22.0 Å². The molecule has 0 aromatic carbocycles. The van der Waals surface area contributed by atoms with Gasteiger partial charge in [0.15, 0.2) is 0 Å². The van der Waals surface area contributed by atoms with Gasteiger partial charge in [-0.3, -0.25) is 19.1 Å². The number of aromatic nitrogens is 2. The Kier molecular flexibility index (Phi) is 6.47. The number of hydrogen-bond donors (Lipinski definition) is 2. The van der Waals surface area contributed by atoms with Crippen LogP contribution in [0.2, 0.25) is 0 Å². The molecule has 6 nitrogen and oxygen atoms in total. The Balaban J connectivity index is 2.74. The van der Waals surface area contributed by atoms with Gasteiger partial charge in [0.1, 0.15) is 5.56 Å². The molecule has 2 N–H and O–H groups in total. The van der Waals surface area contributed by atoms with Gasteiger partial charge in [0, 0.05) is 18.7 Å². The second-order valence-electron chi connectivity index (χ2n) is 4.99. The van der Waals surface area contributed by atoms with E-state index in [9.17, 15) is 14.4 Å². The van der Waals surface area contributed by atoms with Crippen LogP contribution in [0.15, 0.2) is 15.8 Å². The Morgan fingerprint density at radius 3 is 2.76 bits per heavy atom. The van der Waals surface area contributed by atoms with E-state index in [-0.39, 0.29) is 24.1 Å². The lowest BCUT2D eigenvalue weighted by atomic mass is 10.2. The standard InChI is InChI=1S/C15H21N3O3/c1-4-5-8-13(19)16-9-6-7-12-10-18(11(2)3)15(21)17-14(12)20/h10-11H,4-5,8-9H2,1-3H3,(H,16,19)(H,17,20,21). The van der Waals surface area contributed by atoms with Crippen LogP contribution in [0, 0.1) is 11.8 Å². The molecule has 1 aromatic rings. The summed E-state index contributed by atoms with van der Waals surface area (Å²) in [6.07, 6.45) is 3.73. The summed E-state index contributed by atoms with van der Waals surface area (Å²) in [4.78, 5) is 36.8. The number of rotatable bonds is 5. The third-order valence-electron chi connectivity index (χ3n) is 2.88. The van der Waals surface area contributed by atoms with Gasteiger partial charge in [-0.15, -0.1) is 0 Å². The number of carbonyl (C=O) groups excluding carboxylic acids is 1. The molecule has 0 unspecified atom stereocenters. The van der Waals surface area contributed by atoms with Crippen LogP contribution in [0.3, 0.4) is 0 Å². The summed E-state index contributed by atoms with van der Waals surface area (Å²) in [5.74, 6) is 5.35. The highest BCUT2D eigenvalue weighted by atomic mass is 16.2. The van der Waals surface area contributed by atoms with Crippen LogP contribution in [0.1, 0.15) is 51.6 Å². The summed E-state index contributed by atoms with van der Waals surface area (Å²) in [5.41, 5.74) is -0.749. The summed E-state index contributed by atoms with van der Waals surface area (Å²) < 4.78 is 1.41. The lowest BCUT2D eigenvalue weighted by Crippen LogP contribution is -2.32. The summed E-state index contributed by atoms with van der Waals surface area (Å²) in [7, 11) is 0. The van der Waals surface area contributed by atoms with Crippen LogP contribution < -0.4 is 16.6 Å². The molecule has 0 radical (unpaired) electrons. The zero-order valence-electron chi connectivity index (χ0n) is 12.7. The van der Waals surface area contributed by atoms with Gasteiger partial charge in [0.05, 0.1) is 6.54 Å². The monoisotopic (exact) mass is 291 g/mol. The fourth-order valence-electron chi connectivity index (χ4n) is 1.67. The highest BCUT2D eigenvalue weighted by molar-refractivity contribution is 5.76. The number of hydrogen-bond acceptors (Lipinski definition) is 3. The number of nitrogens with one attached hydrogen (secondary N) is 2. The molecule has 0 spiro atoms. The molecule has 0 aliphatic rings. The molecule has 1 aromatic heterocycles. The molecule has 0 bridgehead atoms. The minimum atomic E-state index is -0.512. The van der Waals surface area contributed by atoms with Gasteiger partial charge < -0.3 is 5.32 Å². The van der Waals surface area contributed by atoms with E-state index in [1.54, 1.807) is 0 Å². The molecular formula is C15H21N3O3. The van der Waals surface area contributed by atoms with Gasteiger partial charge in [-0.1, -0.05) is 25.2 Å². The van der Waals surface area contributed by atoms with Gasteiger partial charge in [-0.2, -0.15) is 0 Å². The van der Waals surface area contributed by atoms with E-state index in [4.69, 9.17) is 0 Å². The average Bonchev–Trinajstić information content (AvgIpc) is 2.42. The maximum Gasteiger partial charge on any atom is 0.328 e. The molecule has 0 aliphatic carbocycles.